The van der Waals surface area contributed by atoms with E-state index in [0.29, 0.717) is 0 Å². The molecule has 0 heterocycles. The van der Waals surface area contributed by atoms with Crippen molar-refractivity contribution in [3.8, 4) is 0 Å². The molecule has 0 N–H and O–H groups in total. The van der Waals surface area contributed by atoms with Gasteiger partial charge in [0.25, 0.3) is 0 Å². The van der Waals surface area contributed by atoms with E-state index in [9.17, 15) is 0 Å². The van der Waals surface area contributed by atoms with Gasteiger partial charge < -0.3 is 0 Å². The minimum absolute atomic E-state index is 0. The van der Waals surface area contributed by atoms with Crippen LogP contribution < -0.4 is 0 Å². The van der Waals surface area contributed by atoms with Crippen LogP contribution in [0, 0.1) is 41.7 Å². The fourth-order valence-electron chi connectivity index (χ4n) is 0. The third kappa shape index (κ3) is 9.04. The van der Waals surface area contributed by atoms with Crippen molar-refractivity contribution < 1.29 is 41.7 Å². The average molecular weight is 328 g/mol. The van der Waals surface area contributed by atoms with E-state index in [0.717, 1.165) is 0 Å². The van der Waals surface area contributed by atoms with Crippen molar-refractivity contribution in [3.63, 3.8) is 0 Å². The molecule has 0 saturated heterocycles. The van der Waals surface area contributed by atoms with Gasteiger partial charge in [-0.05, 0) is 0 Å². The topological polar surface area (TPSA) is 0 Å². The third-order valence-corrected chi connectivity index (χ3v) is 0. The zero-order valence-corrected chi connectivity index (χ0v) is 7.60. The molecule has 0 aliphatic rings. The Morgan fingerprint density at radius 3 is 1.00 bits per heavy atom. The van der Waals surface area contributed by atoms with Crippen LogP contribution in [-0.4, -0.2) is 29.6 Å². The first-order valence-corrected chi connectivity index (χ1v) is 0. The summed E-state index contributed by atoms with van der Waals surface area (Å²) >= 11 is 0. The zero-order valence-electron chi connectivity index (χ0n) is 1.32. The van der Waals surface area contributed by atoms with Gasteiger partial charge in [-0.2, -0.15) is 0 Å². The summed E-state index contributed by atoms with van der Waals surface area (Å²) < 4.78 is 0. The molecule has 0 aromatic rings. The van der Waals surface area contributed by atoms with Gasteiger partial charge in [-0.15, -0.1) is 36.4 Å². The molecule has 0 amide bonds. The summed E-state index contributed by atoms with van der Waals surface area (Å²) in [6.07, 6.45) is 0. The summed E-state index contributed by atoms with van der Waals surface area (Å²) in [5, 5.41) is 0. The molecule has 0 saturated carbocycles. The van der Waals surface area contributed by atoms with E-state index < -0.39 is 0 Å². The van der Waals surface area contributed by atoms with Crippen LogP contribution in [0.1, 0.15) is 0 Å². The van der Waals surface area contributed by atoms with Crippen molar-refractivity contribution >= 4 is 65.9 Å². The van der Waals surface area contributed by atoms with Gasteiger partial charge in [-0.1, -0.05) is 0 Å². The van der Waals surface area contributed by atoms with E-state index in [1.807, 2.05) is 0 Å². The Morgan fingerprint density at radius 1 is 1.00 bits per heavy atom. The summed E-state index contributed by atoms with van der Waals surface area (Å²) in [5.74, 6) is 0. The molecule has 22 valence electrons. The van der Waals surface area contributed by atoms with Gasteiger partial charge in [0.15, 0.2) is 0 Å². The SMILES string of the molecule is Cl.I.[Ce].[NaH]. The molecule has 4 heteroatoms. The van der Waals surface area contributed by atoms with Gasteiger partial charge in [0.05, 0.1) is 0 Å². The van der Waals surface area contributed by atoms with E-state index in [1.54, 1.807) is 0 Å². The van der Waals surface area contributed by atoms with E-state index >= 15 is 0 Å². The molecule has 0 nitrogen and oxygen atoms in total. The maximum atomic E-state index is 0. The molecule has 0 unspecified atom stereocenters. The predicted molar refractivity (Wildman–Crippen MR) is 29.8 cm³/mol. The molecule has 0 rings (SSSR count). The van der Waals surface area contributed by atoms with E-state index in [1.165, 1.54) is 0 Å². The van der Waals surface area contributed by atoms with Crippen LogP contribution in [0.25, 0.3) is 0 Å². The van der Waals surface area contributed by atoms with Crippen molar-refractivity contribution in [2.75, 3.05) is 0 Å². The fraction of sp³-hybridized carbons (Fsp3) is 0. The average Bonchev–Trinajstić information content (AvgIpc) is 0. The fourth-order valence-corrected chi connectivity index (χ4v) is 0. The molecule has 4 heavy (non-hydrogen) atoms. The quantitative estimate of drug-likeness (QED) is 0.446. The summed E-state index contributed by atoms with van der Waals surface area (Å²) in [6.45, 7) is 0. The van der Waals surface area contributed by atoms with Gasteiger partial charge in [0.2, 0.25) is 0 Å². The minimum atomic E-state index is 0. The molecule has 0 aromatic heterocycles. The molecule has 0 aliphatic carbocycles. The number of hydrogen-bond donors (Lipinski definition) is 0. The van der Waals surface area contributed by atoms with Crippen LogP contribution in [0.5, 0.6) is 0 Å². The van der Waals surface area contributed by atoms with Crippen molar-refractivity contribution in [1.29, 1.82) is 0 Å². The van der Waals surface area contributed by atoms with Gasteiger partial charge in [-0.25, -0.2) is 0 Å². The summed E-state index contributed by atoms with van der Waals surface area (Å²) in [4.78, 5) is 0. The van der Waals surface area contributed by atoms with Crippen LogP contribution in [0.15, 0.2) is 0 Å². The Labute approximate surface area is 105 Å². The second-order valence-electron chi connectivity index (χ2n) is 0. The standard InChI is InChI=1S/Ce.ClH.HI.Na.H/h;2*1H;;. The summed E-state index contributed by atoms with van der Waals surface area (Å²) in [5.41, 5.74) is 0. The Morgan fingerprint density at radius 2 is 1.00 bits per heavy atom. The normalized spacial score (nSPS) is 0. The number of halogens is 2. The monoisotopic (exact) mass is 328 g/mol. The first kappa shape index (κ1) is 26.2. The van der Waals surface area contributed by atoms with Crippen molar-refractivity contribution in [2.45, 2.75) is 0 Å². The number of hydrogen-bond acceptors (Lipinski definition) is 0. The van der Waals surface area contributed by atoms with Crippen LogP contribution in [0.3, 0.4) is 0 Å². The van der Waals surface area contributed by atoms with Crippen molar-refractivity contribution in [2.24, 2.45) is 0 Å². The Balaban J connectivity index is 0. The van der Waals surface area contributed by atoms with Crippen molar-refractivity contribution in [1.82, 2.24) is 0 Å². The molecule has 0 aromatic carbocycles. The summed E-state index contributed by atoms with van der Waals surface area (Å²) in [7, 11) is 0. The Kier molecular flexibility index (Phi) is 106. The molecule has 0 spiro atoms. The zero-order chi connectivity index (χ0) is 0. The van der Waals surface area contributed by atoms with Crippen LogP contribution >= 0.6 is 36.4 Å². The Bertz CT molecular complexity index is 8.00. The van der Waals surface area contributed by atoms with E-state index in [-0.39, 0.29) is 108 Å². The first-order valence-electron chi connectivity index (χ1n) is 0. The third-order valence-electron chi connectivity index (χ3n) is 0. The first-order chi connectivity index (χ1) is 0. The summed E-state index contributed by atoms with van der Waals surface area (Å²) in [6, 6.07) is 0. The van der Waals surface area contributed by atoms with Crippen LogP contribution in [0.4, 0.5) is 0 Å². The second kappa shape index (κ2) is 16.1. The molecule has 0 atom stereocenters. The van der Waals surface area contributed by atoms with E-state index in [2.05, 4.69) is 0 Å². The van der Waals surface area contributed by atoms with Gasteiger partial charge in [0, 0.05) is 41.7 Å². The van der Waals surface area contributed by atoms with Crippen molar-refractivity contribution in [3.05, 3.63) is 0 Å². The van der Waals surface area contributed by atoms with Crippen LogP contribution in [-0.2, 0) is 0 Å². The van der Waals surface area contributed by atoms with Gasteiger partial charge in [0.1, 0.15) is 0 Å². The predicted octanol–water partition coefficient (Wildman–Crippen LogP) is 0.391. The second-order valence-corrected chi connectivity index (χ2v) is 0. The Hall–Kier alpha value is 3.40. The van der Waals surface area contributed by atoms with Gasteiger partial charge in [-0.3, -0.25) is 0 Å². The molecular weight excluding hydrogens is 325 g/mol. The van der Waals surface area contributed by atoms with Gasteiger partial charge >= 0.3 is 29.6 Å². The molecule has 0 aliphatic heterocycles. The molecular formula is H3CeClINa. The van der Waals surface area contributed by atoms with E-state index in [4.69, 9.17) is 0 Å². The molecule has 0 radical (unpaired) electrons. The number of rotatable bonds is 0. The molecule has 0 bridgehead atoms. The maximum absolute atomic E-state index is 0. The molecule has 0 fully saturated rings. The van der Waals surface area contributed by atoms with Crippen LogP contribution in [0.2, 0.25) is 0 Å².